The van der Waals surface area contributed by atoms with Gasteiger partial charge in [0.05, 0.1) is 24.2 Å². The number of rotatable bonds is 5. The Balaban J connectivity index is 2.25. The summed E-state index contributed by atoms with van der Waals surface area (Å²) in [4.78, 5) is 25.4. The van der Waals surface area contributed by atoms with E-state index in [1.807, 2.05) is 6.92 Å². The Labute approximate surface area is 155 Å². The van der Waals surface area contributed by atoms with Crippen LogP contribution in [0.25, 0.3) is 16.6 Å². The van der Waals surface area contributed by atoms with Gasteiger partial charge in [0.25, 0.3) is 5.56 Å². The van der Waals surface area contributed by atoms with Crippen molar-refractivity contribution in [1.82, 2.24) is 19.6 Å². The molecule has 8 heteroatoms. The zero-order valence-corrected chi connectivity index (χ0v) is 15.5. The molecule has 0 saturated carbocycles. The van der Waals surface area contributed by atoms with E-state index in [4.69, 9.17) is 16.3 Å². The smallest absolute Gasteiger partial charge is 0.331 e. The highest BCUT2D eigenvalue weighted by molar-refractivity contribution is 6.30. The third-order valence-electron chi connectivity index (χ3n) is 4.12. The van der Waals surface area contributed by atoms with E-state index in [-0.39, 0.29) is 6.61 Å². The van der Waals surface area contributed by atoms with Gasteiger partial charge in [-0.25, -0.2) is 14.2 Å². The first-order valence-corrected chi connectivity index (χ1v) is 8.75. The summed E-state index contributed by atoms with van der Waals surface area (Å²) < 4.78 is 7.80. The zero-order valence-electron chi connectivity index (χ0n) is 14.8. The van der Waals surface area contributed by atoms with Crippen LogP contribution >= 0.6 is 11.6 Å². The Morgan fingerprint density at radius 2 is 2.12 bits per heavy atom. The van der Waals surface area contributed by atoms with Crippen molar-refractivity contribution < 1.29 is 9.53 Å². The highest BCUT2D eigenvalue weighted by atomic mass is 35.5. The predicted molar refractivity (Wildman–Crippen MR) is 98.8 cm³/mol. The molecule has 2 aromatic heterocycles. The average molecular weight is 375 g/mol. The van der Waals surface area contributed by atoms with E-state index in [0.717, 1.165) is 0 Å². The zero-order chi connectivity index (χ0) is 18.8. The van der Waals surface area contributed by atoms with Gasteiger partial charge in [0.15, 0.2) is 6.04 Å². The molecular weight excluding hydrogens is 356 g/mol. The van der Waals surface area contributed by atoms with Crippen LogP contribution in [0.5, 0.6) is 0 Å². The van der Waals surface area contributed by atoms with Crippen LogP contribution in [-0.4, -0.2) is 32.1 Å². The molecule has 26 heavy (non-hydrogen) atoms. The lowest BCUT2D eigenvalue weighted by Gasteiger charge is -2.16. The van der Waals surface area contributed by atoms with E-state index in [9.17, 15) is 9.59 Å². The fourth-order valence-corrected chi connectivity index (χ4v) is 3.07. The molecule has 0 radical (unpaired) electrons. The summed E-state index contributed by atoms with van der Waals surface area (Å²) in [6.07, 6.45) is 1.98. The number of halogens is 1. The van der Waals surface area contributed by atoms with Crippen molar-refractivity contribution in [2.24, 2.45) is 0 Å². The molecule has 1 unspecified atom stereocenters. The lowest BCUT2D eigenvalue weighted by atomic mass is 10.2. The van der Waals surface area contributed by atoms with Crippen LogP contribution in [0.3, 0.4) is 0 Å². The molecule has 0 fully saturated rings. The van der Waals surface area contributed by atoms with Gasteiger partial charge in [-0.1, -0.05) is 24.6 Å². The van der Waals surface area contributed by atoms with Crippen molar-refractivity contribution in [1.29, 1.82) is 0 Å². The molecule has 0 aliphatic carbocycles. The molecule has 7 nitrogen and oxygen atoms in total. The first-order chi connectivity index (χ1) is 12.5. The molecule has 0 aliphatic rings. The number of esters is 1. The summed E-state index contributed by atoms with van der Waals surface area (Å²) in [6, 6.07) is 6.27. The molecule has 0 N–H and O–H groups in total. The molecule has 0 bridgehead atoms. The predicted octanol–water partition coefficient (Wildman–Crippen LogP) is 3.06. The quantitative estimate of drug-likeness (QED) is 0.641. The van der Waals surface area contributed by atoms with Gasteiger partial charge in [-0.2, -0.15) is 10.2 Å². The first kappa shape index (κ1) is 18.1. The second-order valence-electron chi connectivity index (χ2n) is 5.81. The maximum absolute atomic E-state index is 13.1. The third-order valence-corrected chi connectivity index (χ3v) is 4.36. The van der Waals surface area contributed by atoms with E-state index < -0.39 is 17.6 Å². The number of hydrogen-bond acceptors (Lipinski definition) is 5. The number of nitrogens with zero attached hydrogens (tertiary/aromatic N) is 4. The maximum atomic E-state index is 13.1. The Kier molecular flexibility index (Phi) is 5.08. The van der Waals surface area contributed by atoms with Gasteiger partial charge >= 0.3 is 5.97 Å². The fourth-order valence-electron chi connectivity index (χ4n) is 2.88. The molecule has 2 heterocycles. The largest absolute Gasteiger partial charge is 0.464 e. The molecule has 1 aromatic carbocycles. The van der Waals surface area contributed by atoms with Gasteiger partial charge in [-0.3, -0.25) is 4.79 Å². The van der Waals surface area contributed by atoms with Crippen molar-refractivity contribution in [3.63, 3.8) is 0 Å². The second kappa shape index (κ2) is 7.29. The Hall–Kier alpha value is -2.67. The average Bonchev–Trinajstić information content (AvgIpc) is 3.06. The Morgan fingerprint density at radius 3 is 2.77 bits per heavy atom. The van der Waals surface area contributed by atoms with E-state index in [0.29, 0.717) is 33.7 Å². The van der Waals surface area contributed by atoms with Crippen molar-refractivity contribution in [3.8, 4) is 5.69 Å². The van der Waals surface area contributed by atoms with Crippen LogP contribution in [0, 0.1) is 6.92 Å². The summed E-state index contributed by atoms with van der Waals surface area (Å²) in [5.41, 5.74) is 1.21. The van der Waals surface area contributed by atoms with E-state index in [1.54, 1.807) is 44.3 Å². The van der Waals surface area contributed by atoms with Crippen LogP contribution in [0.15, 0.2) is 35.3 Å². The highest BCUT2D eigenvalue weighted by Gasteiger charge is 2.25. The van der Waals surface area contributed by atoms with Crippen molar-refractivity contribution in [2.45, 2.75) is 33.2 Å². The van der Waals surface area contributed by atoms with Crippen LogP contribution in [-0.2, 0) is 9.53 Å². The minimum atomic E-state index is -0.784. The molecule has 0 amide bonds. The summed E-state index contributed by atoms with van der Waals surface area (Å²) in [7, 11) is 0. The van der Waals surface area contributed by atoms with Crippen LogP contribution in [0.2, 0.25) is 5.02 Å². The van der Waals surface area contributed by atoms with Gasteiger partial charge in [-0.15, -0.1) is 0 Å². The van der Waals surface area contributed by atoms with Gasteiger partial charge in [0.2, 0.25) is 0 Å². The number of carbonyl (C=O) groups excluding carboxylic acids is 1. The van der Waals surface area contributed by atoms with Crippen molar-refractivity contribution in [2.75, 3.05) is 6.61 Å². The summed E-state index contributed by atoms with van der Waals surface area (Å²) in [5, 5.41) is 9.81. The van der Waals surface area contributed by atoms with Crippen molar-refractivity contribution in [3.05, 3.63) is 51.5 Å². The molecule has 136 valence electrons. The molecule has 0 spiro atoms. The van der Waals surface area contributed by atoms with Crippen LogP contribution < -0.4 is 5.56 Å². The van der Waals surface area contributed by atoms with E-state index in [1.165, 1.54) is 9.36 Å². The number of fused-ring (bicyclic) bond motifs is 1. The van der Waals surface area contributed by atoms with Gasteiger partial charge in [0, 0.05) is 10.4 Å². The minimum absolute atomic E-state index is 0.242. The van der Waals surface area contributed by atoms with E-state index in [2.05, 4.69) is 10.2 Å². The standard InChI is InChI=1S/C18H19ClN4O3/c1-4-15(18(25)26-5-2)23-17(24)16-14(11(3)21-23)10-20-22(16)13-8-6-7-12(19)9-13/h6-10,15H,4-5H2,1-3H3. The first-order valence-electron chi connectivity index (χ1n) is 8.37. The number of benzene rings is 1. The van der Waals surface area contributed by atoms with Gasteiger partial charge in [0.1, 0.15) is 5.52 Å². The van der Waals surface area contributed by atoms with Gasteiger partial charge in [-0.05, 0) is 38.5 Å². The molecule has 0 aliphatic heterocycles. The molecule has 3 aromatic rings. The molecule has 3 rings (SSSR count). The highest BCUT2D eigenvalue weighted by Crippen LogP contribution is 2.21. The monoisotopic (exact) mass is 374 g/mol. The third kappa shape index (κ3) is 3.10. The van der Waals surface area contributed by atoms with Crippen LogP contribution in [0.1, 0.15) is 32.0 Å². The van der Waals surface area contributed by atoms with E-state index >= 15 is 0 Å². The molecule has 1 atom stereocenters. The number of aromatic nitrogens is 4. The Bertz CT molecular complexity index is 1020. The SMILES string of the molecule is CCOC(=O)C(CC)n1nc(C)c2cnn(-c3cccc(Cl)c3)c2c1=O. The number of hydrogen-bond donors (Lipinski definition) is 0. The minimum Gasteiger partial charge on any atom is -0.464 e. The maximum Gasteiger partial charge on any atom is 0.331 e. The lowest BCUT2D eigenvalue weighted by molar-refractivity contribution is -0.147. The molecular formula is C18H19ClN4O3. The van der Waals surface area contributed by atoms with Crippen LogP contribution in [0.4, 0.5) is 0 Å². The summed E-state index contributed by atoms with van der Waals surface area (Å²) >= 11 is 6.07. The Morgan fingerprint density at radius 1 is 1.35 bits per heavy atom. The number of carbonyl (C=O) groups is 1. The second-order valence-corrected chi connectivity index (χ2v) is 6.25. The lowest BCUT2D eigenvalue weighted by Crippen LogP contribution is -2.34. The summed E-state index contributed by atoms with van der Waals surface area (Å²) in [6.45, 7) is 5.55. The number of ether oxygens (including phenoxy) is 1. The topological polar surface area (TPSA) is 79.0 Å². The summed E-state index contributed by atoms with van der Waals surface area (Å²) in [5.74, 6) is -0.475. The molecule has 0 saturated heterocycles. The van der Waals surface area contributed by atoms with Gasteiger partial charge < -0.3 is 4.74 Å². The normalized spacial score (nSPS) is 12.3. The fraction of sp³-hybridized carbons (Fsp3) is 0.333. The number of aryl methyl sites for hydroxylation is 1. The van der Waals surface area contributed by atoms with Crippen molar-refractivity contribution >= 4 is 28.5 Å².